The Morgan fingerprint density at radius 1 is 1.15 bits per heavy atom. The highest BCUT2D eigenvalue weighted by Gasteiger charge is 2.53. The highest BCUT2D eigenvalue weighted by molar-refractivity contribution is 7.97. The Balaban J connectivity index is 1.27. The fourth-order valence-corrected chi connectivity index (χ4v) is 6.13. The van der Waals surface area contributed by atoms with Crippen LogP contribution < -0.4 is 0 Å². The summed E-state index contributed by atoms with van der Waals surface area (Å²) in [5, 5.41) is 0. The number of rotatable bonds is 5. The molecular weight excluding hydrogens is 352 g/mol. The first-order chi connectivity index (χ1) is 12.5. The van der Waals surface area contributed by atoms with E-state index in [9.17, 15) is 8.78 Å². The Morgan fingerprint density at radius 3 is 2.46 bits per heavy atom. The molecule has 0 unspecified atom stereocenters. The van der Waals surface area contributed by atoms with Crippen LogP contribution in [0.15, 0.2) is 17.0 Å². The first-order valence-corrected chi connectivity index (χ1v) is 10.7. The summed E-state index contributed by atoms with van der Waals surface area (Å²) >= 11 is 1.70. The largest absolute Gasteiger partial charge is 0.299 e. The lowest BCUT2D eigenvalue weighted by Crippen LogP contribution is -2.72. The summed E-state index contributed by atoms with van der Waals surface area (Å²) in [5.74, 6) is 0.912. The van der Waals surface area contributed by atoms with E-state index in [2.05, 4.69) is 21.1 Å². The number of aryl methyl sites for hydroxylation is 1. The SMILES string of the molecule is CCc1nc(C(F)F)ccc1SN1CC2(C1)CN(C1CCC(C)CC1)C2. The molecule has 0 bridgehead atoms. The van der Waals surface area contributed by atoms with Crippen LogP contribution in [0.25, 0.3) is 0 Å². The van der Waals surface area contributed by atoms with Crippen LogP contribution in [0.4, 0.5) is 8.78 Å². The molecule has 0 atom stereocenters. The predicted molar refractivity (Wildman–Crippen MR) is 101 cm³/mol. The molecule has 3 fully saturated rings. The molecule has 3 nitrogen and oxygen atoms in total. The molecule has 6 heteroatoms. The van der Waals surface area contributed by atoms with E-state index in [1.54, 1.807) is 11.9 Å². The number of likely N-dealkylation sites (tertiary alicyclic amines) is 1. The van der Waals surface area contributed by atoms with Crippen molar-refractivity contribution < 1.29 is 8.78 Å². The second-order valence-corrected chi connectivity index (χ2v) is 9.68. The normalized spacial score (nSPS) is 29.0. The van der Waals surface area contributed by atoms with Crippen LogP contribution in [0.2, 0.25) is 0 Å². The van der Waals surface area contributed by atoms with E-state index < -0.39 is 6.43 Å². The lowest BCUT2D eigenvalue weighted by molar-refractivity contribution is -0.104. The standard InChI is InChI=1S/C20H29F2N3S/c1-3-16-18(9-8-17(23-16)19(21)22)26-25-12-20(13-25)10-24(11-20)15-6-4-14(2)5-7-15/h8-9,14-15,19H,3-7,10-13H2,1-2H3. The molecule has 1 aromatic heterocycles. The summed E-state index contributed by atoms with van der Waals surface area (Å²) < 4.78 is 28.0. The van der Waals surface area contributed by atoms with Gasteiger partial charge in [-0.2, -0.15) is 0 Å². The fourth-order valence-electron chi connectivity index (χ4n) is 4.75. The van der Waals surface area contributed by atoms with Crippen molar-refractivity contribution >= 4 is 11.9 Å². The zero-order valence-electron chi connectivity index (χ0n) is 15.8. The number of nitrogens with zero attached hydrogens (tertiary/aromatic N) is 3. The smallest absolute Gasteiger partial charge is 0.280 e. The molecule has 2 saturated heterocycles. The Kier molecular flexibility index (Phi) is 5.28. The maximum absolute atomic E-state index is 12.8. The highest BCUT2D eigenvalue weighted by Crippen LogP contribution is 2.47. The Morgan fingerprint density at radius 2 is 1.85 bits per heavy atom. The van der Waals surface area contributed by atoms with Gasteiger partial charge in [-0.3, -0.25) is 9.88 Å². The van der Waals surface area contributed by atoms with Crippen molar-refractivity contribution in [2.45, 2.75) is 63.3 Å². The van der Waals surface area contributed by atoms with Gasteiger partial charge in [0, 0.05) is 42.5 Å². The third kappa shape index (κ3) is 3.65. The van der Waals surface area contributed by atoms with E-state index in [1.165, 1.54) is 44.8 Å². The molecule has 0 N–H and O–H groups in total. The van der Waals surface area contributed by atoms with Crippen LogP contribution >= 0.6 is 11.9 Å². The van der Waals surface area contributed by atoms with Gasteiger partial charge < -0.3 is 0 Å². The summed E-state index contributed by atoms with van der Waals surface area (Å²) in [5.41, 5.74) is 1.17. The average Bonchev–Trinajstić information content (AvgIpc) is 2.56. The van der Waals surface area contributed by atoms with E-state index in [1.807, 2.05) is 13.0 Å². The van der Waals surface area contributed by atoms with Gasteiger partial charge in [0.05, 0.1) is 5.69 Å². The van der Waals surface area contributed by atoms with Gasteiger partial charge in [0.15, 0.2) is 0 Å². The first kappa shape index (κ1) is 18.6. The minimum absolute atomic E-state index is 0.109. The molecule has 4 rings (SSSR count). The van der Waals surface area contributed by atoms with Crippen LogP contribution in [0.1, 0.15) is 57.3 Å². The van der Waals surface area contributed by atoms with Crippen molar-refractivity contribution in [3.63, 3.8) is 0 Å². The predicted octanol–water partition coefficient (Wildman–Crippen LogP) is 4.79. The van der Waals surface area contributed by atoms with Crippen LogP contribution in [0.3, 0.4) is 0 Å². The van der Waals surface area contributed by atoms with Gasteiger partial charge in [-0.05, 0) is 62.1 Å². The van der Waals surface area contributed by atoms with Gasteiger partial charge in [0.25, 0.3) is 6.43 Å². The maximum Gasteiger partial charge on any atom is 0.280 e. The lowest BCUT2D eigenvalue weighted by Gasteiger charge is -2.62. The van der Waals surface area contributed by atoms with E-state index in [0.717, 1.165) is 35.6 Å². The molecule has 3 aliphatic rings. The van der Waals surface area contributed by atoms with Crippen molar-refractivity contribution in [1.29, 1.82) is 0 Å². The number of alkyl halides is 2. The molecule has 1 aromatic rings. The quantitative estimate of drug-likeness (QED) is 0.683. The van der Waals surface area contributed by atoms with Gasteiger partial charge in [-0.1, -0.05) is 13.8 Å². The zero-order chi connectivity index (χ0) is 18.3. The molecule has 2 aliphatic heterocycles. The molecule has 0 radical (unpaired) electrons. The fraction of sp³-hybridized carbons (Fsp3) is 0.750. The highest BCUT2D eigenvalue weighted by atomic mass is 32.2. The molecule has 0 aromatic carbocycles. The van der Waals surface area contributed by atoms with Gasteiger partial charge in [-0.25, -0.2) is 13.1 Å². The van der Waals surface area contributed by atoms with Gasteiger partial charge in [-0.15, -0.1) is 0 Å². The first-order valence-electron chi connectivity index (χ1n) is 9.93. The summed E-state index contributed by atoms with van der Waals surface area (Å²) in [6, 6.07) is 4.10. The summed E-state index contributed by atoms with van der Waals surface area (Å²) in [6.45, 7) is 9.06. The van der Waals surface area contributed by atoms with Crippen molar-refractivity contribution in [2.75, 3.05) is 26.2 Å². The molecule has 1 spiro atoms. The van der Waals surface area contributed by atoms with Crippen molar-refractivity contribution in [3.05, 3.63) is 23.5 Å². The summed E-state index contributed by atoms with van der Waals surface area (Å²) in [7, 11) is 0. The van der Waals surface area contributed by atoms with E-state index in [4.69, 9.17) is 0 Å². The number of aromatic nitrogens is 1. The number of halogens is 2. The minimum Gasteiger partial charge on any atom is -0.299 e. The Labute approximate surface area is 159 Å². The van der Waals surface area contributed by atoms with Crippen molar-refractivity contribution in [3.8, 4) is 0 Å². The van der Waals surface area contributed by atoms with E-state index in [-0.39, 0.29) is 5.69 Å². The number of pyridine rings is 1. The lowest BCUT2D eigenvalue weighted by atomic mass is 9.72. The third-order valence-corrected chi connectivity index (χ3v) is 7.43. The second-order valence-electron chi connectivity index (χ2n) is 8.54. The van der Waals surface area contributed by atoms with Gasteiger partial charge in [0.2, 0.25) is 0 Å². The molecular formula is C20H29F2N3S. The van der Waals surface area contributed by atoms with Gasteiger partial charge >= 0.3 is 0 Å². The van der Waals surface area contributed by atoms with Crippen molar-refractivity contribution in [1.82, 2.24) is 14.2 Å². The van der Waals surface area contributed by atoms with Crippen LogP contribution in [0.5, 0.6) is 0 Å². The van der Waals surface area contributed by atoms with Crippen molar-refractivity contribution in [2.24, 2.45) is 11.3 Å². The summed E-state index contributed by atoms with van der Waals surface area (Å²) in [4.78, 5) is 7.88. The summed E-state index contributed by atoms with van der Waals surface area (Å²) in [6.07, 6.45) is 3.72. The molecule has 3 heterocycles. The van der Waals surface area contributed by atoms with E-state index in [0.29, 0.717) is 11.8 Å². The minimum atomic E-state index is -2.49. The third-order valence-electron chi connectivity index (χ3n) is 6.34. The second kappa shape index (κ2) is 7.36. The molecule has 144 valence electrons. The molecule has 0 amide bonds. The van der Waals surface area contributed by atoms with Gasteiger partial charge in [0.1, 0.15) is 5.69 Å². The molecule has 1 aliphatic carbocycles. The molecule has 26 heavy (non-hydrogen) atoms. The average molecular weight is 382 g/mol. The Hall–Kier alpha value is -0.720. The van der Waals surface area contributed by atoms with Crippen LogP contribution in [-0.2, 0) is 6.42 Å². The topological polar surface area (TPSA) is 19.4 Å². The Bertz CT molecular complexity index is 632. The molecule has 1 saturated carbocycles. The van der Waals surface area contributed by atoms with E-state index >= 15 is 0 Å². The monoisotopic (exact) mass is 381 g/mol. The number of hydrogen-bond donors (Lipinski definition) is 0. The number of hydrogen-bond acceptors (Lipinski definition) is 4. The van der Waals surface area contributed by atoms with Crippen LogP contribution in [0, 0.1) is 11.3 Å². The maximum atomic E-state index is 12.8. The van der Waals surface area contributed by atoms with Crippen LogP contribution in [-0.4, -0.2) is 46.4 Å². The zero-order valence-corrected chi connectivity index (χ0v) is 16.6.